The van der Waals surface area contributed by atoms with Crippen molar-refractivity contribution in [3.63, 3.8) is 0 Å². The number of hydrogen-bond acceptors (Lipinski definition) is 9. The predicted octanol–water partition coefficient (Wildman–Crippen LogP) is 8.04. The molecule has 4 aromatic rings. The molecule has 0 saturated carbocycles. The zero-order chi connectivity index (χ0) is 31.8. The van der Waals surface area contributed by atoms with E-state index < -0.39 is 17.7 Å². The van der Waals surface area contributed by atoms with E-state index in [1.54, 1.807) is 13.0 Å². The lowest BCUT2D eigenvalue weighted by atomic mass is 9.91. The zero-order valence-corrected chi connectivity index (χ0v) is 27.3. The fraction of sp³-hybridized carbons (Fsp3) is 0.394. The Morgan fingerprint density at radius 2 is 1.91 bits per heavy atom. The fourth-order valence-electron chi connectivity index (χ4n) is 5.59. The van der Waals surface area contributed by atoms with Crippen LogP contribution in [0, 0.1) is 17.0 Å². The van der Waals surface area contributed by atoms with Crippen LogP contribution in [-0.2, 0) is 14.3 Å². The van der Waals surface area contributed by atoms with Crippen molar-refractivity contribution >= 4 is 50.5 Å². The Morgan fingerprint density at radius 3 is 2.52 bits per heavy atom. The van der Waals surface area contributed by atoms with Gasteiger partial charge in [-0.3, -0.25) is 10.1 Å². The maximum Gasteiger partial charge on any atom is 0.339 e. The third kappa shape index (κ3) is 6.89. The number of nitrogens with zero attached hydrogens (tertiary/aromatic N) is 3. The van der Waals surface area contributed by atoms with Crippen LogP contribution in [0.3, 0.4) is 0 Å². The summed E-state index contributed by atoms with van der Waals surface area (Å²) in [4.78, 5) is 32.1. The van der Waals surface area contributed by atoms with E-state index >= 15 is 0 Å². The van der Waals surface area contributed by atoms with Crippen molar-refractivity contribution < 1.29 is 19.2 Å². The number of ether oxygens (including phenoxy) is 2. The number of carbonyl (C=O) groups excluding carboxylic acids is 1. The highest BCUT2D eigenvalue weighted by Crippen LogP contribution is 2.45. The molecular weight excluding hydrogens is 600 g/mol. The van der Waals surface area contributed by atoms with Crippen LogP contribution in [0.5, 0.6) is 0 Å². The monoisotopic (exact) mass is 636 g/mol. The highest BCUT2D eigenvalue weighted by atomic mass is 35.5. The van der Waals surface area contributed by atoms with Crippen LogP contribution in [0.4, 0.5) is 11.4 Å². The second kappa shape index (κ2) is 12.8. The highest BCUT2D eigenvalue weighted by molar-refractivity contribution is 7.22. The summed E-state index contributed by atoms with van der Waals surface area (Å²) in [7, 11) is 2.04. The van der Waals surface area contributed by atoms with E-state index in [4.69, 9.17) is 26.1 Å². The van der Waals surface area contributed by atoms with Crippen LogP contribution in [0.2, 0.25) is 5.02 Å². The molecule has 0 aliphatic carbocycles. The number of thiazole rings is 1. The van der Waals surface area contributed by atoms with Crippen LogP contribution < -0.4 is 5.32 Å². The zero-order valence-electron chi connectivity index (χ0n) is 25.8. The summed E-state index contributed by atoms with van der Waals surface area (Å²) < 4.78 is 12.7. The van der Waals surface area contributed by atoms with Gasteiger partial charge in [0, 0.05) is 40.4 Å². The van der Waals surface area contributed by atoms with E-state index in [0.717, 1.165) is 52.0 Å². The number of carbonyl (C=O) groups is 1. The molecule has 1 aliphatic heterocycles. The first-order valence-electron chi connectivity index (χ1n) is 14.6. The summed E-state index contributed by atoms with van der Waals surface area (Å²) >= 11 is 7.74. The van der Waals surface area contributed by atoms with Gasteiger partial charge in [-0.2, -0.15) is 0 Å². The van der Waals surface area contributed by atoms with Crippen LogP contribution in [0.25, 0.3) is 31.9 Å². The van der Waals surface area contributed by atoms with Crippen LogP contribution in [0.15, 0.2) is 48.5 Å². The summed E-state index contributed by atoms with van der Waals surface area (Å²) in [6.45, 7) is 11.4. The molecule has 0 radical (unpaired) electrons. The number of nitro groups is 1. The van der Waals surface area contributed by atoms with E-state index in [1.165, 1.54) is 17.4 Å². The van der Waals surface area contributed by atoms with Crippen molar-refractivity contribution in [3.8, 4) is 21.7 Å². The minimum Gasteiger partial charge on any atom is -0.464 e. The Balaban J connectivity index is 1.70. The van der Waals surface area contributed by atoms with Gasteiger partial charge < -0.3 is 19.7 Å². The number of fused-ring (bicyclic) bond motifs is 1. The number of anilines is 1. The Kier molecular flexibility index (Phi) is 9.27. The van der Waals surface area contributed by atoms with E-state index in [2.05, 4.69) is 10.2 Å². The van der Waals surface area contributed by atoms with Crippen molar-refractivity contribution in [2.45, 2.75) is 58.8 Å². The molecule has 0 amide bonds. The lowest BCUT2D eigenvalue weighted by Gasteiger charge is -2.29. The molecule has 1 aliphatic rings. The highest BCUT2D eigenvalue weighted by Gasteiger charge is 2.34. The predicted molar refractivity (Wildman–Crippen MR) is 177 cm³/mol. The van der Waals surface area contributed by atoms with Gasteiger partial charge in [0.2, 0.25) is 0 Å². The van der Waals surface area contributed by atoms with E-state index in [-0.39, 0.29) is 23.3 Å². The summed E-state index contributed by atoms with van der Waals surface area (Å²) in [5, 5.41) is 16.6. The first kappa shape index (κ1) is 31.8. The van der Waals surface area contributed by atoms with Gasteiger partial charge in [-0.05, 0) is 96.1 Å². The summed E-state index contributed by atoms with van der Waals surface area (Å²) in [6.07, 6.45) is -0.0700. The van der Waals surface area contributed by atoms with Crippen LogP contribution in [0.1, 0.15) is 51.3 Å². The molecule has 1 saturated heterocycles. The lowest BCUT2D eigenvalue weighted by Crippen LogP contribution is -2.29. The Morgan fingerprint density at radius 1 is 1.20 bits per heavy atom. The number of aromatic nitrogens is 1. The van der Waals surface area contributed by atoms with Crippen molar-refractivity contribution in [1.82, 2.24) is 9.88 Å². The van der Waals surface area contributed by atoms with E-state index in [1.807, 2.05) is 71.1 Å². The number of hydrogen-bond donors (Lipinski definition) is 1. The summed E-state index contributed by atoms with van der Waals surface area (Å²) in [5.74, 6) is -0.464. The van der Waals surface area contributed by atoms with Crippen molar-refractivity contribution in [2.24, 2.45) is 0 Å². The van der Waals surface area contributed by atoms with Gasteiger partial charge in [-0.25, -0.2) is 9.78 Å². The number of aryl methyl sites for hydroxylation is 1. The van der Waals surface area contributed by atoms with Gasteiger partial charge in [0.05, 0.1) is 27.3 Å². The van der Waals surface area contributed by atoms with E-state index in [0.29, 0.717) is 21.3 Å². The summed E-state index contributed by atoms with van der Waals surface area (Å²) in [5.41, 5.74) is 4.60. The number of esters is 1. The van der Waals surface area contributed by atoms with Gasteiger partial charge >= 0.3 is 5.97 Å². The molecule has 9 nitrogen and oxygen atoms in total. The quantitative estimate of drug-likeness (QED) is 0.112. The molecule has 0 spiro atoms. The fourth-order valence-corrected chi connectivity index (χ4v) is 6.84. The molecule has 44 heavy (non-hydrogen) atoms. The SMILES string of the molecule is CCOC(=O)[C@@H](OC(C)(C)C)c1c(C)cc2nc(-c3ccc([N+](=O)[O-])c(N[C@@H]4CCN(C)C4)c3)sc2c1-c1ccc(Cl)cc1. The number of likely N-dealkylation sites (tertiary alicyclic amines) is 1. The maximum absolute atomic E-state index is 13.4. The van der Waals surface area contributed by atoms with Gasteiger partial charge in [0.15, 0.2) is 6.10 Å². The van der Waals surface area contributed by atoms with Gasteiger partial charge in [-0.1, -0.05) is 23.7 Å². The Bertz CT molecular complexity index is 1700. The standard InChI is InChI=1S/C33H37ClN4O5S/c1-7-42-32(39)29(43-33(3,4)5)27-19(2)16-25-30(28(27)20-8-11-22(34)12-9-20)44-31(36-25)21-10-13-26(38(40)41)24(17-21)35-23-14-15-37(6)18-23/h8-13,16-17,23,29,35H,7,14-15,18H2,1-6H3/t23-,29+/m1/s1. The van der Waals surface area contributed by atoms with Crippen molar-refractivity contribution in [2.75, 3.05) is 32.1 Å². The Labute approximate surface area is 266 Å². The molecule has 2 atom stereocenters. The van der Waals surface area contributed by atoms with Gasteiger partial charge in [-0.15, -0.1) is 11.3 Å². The van der Waals surface area contributed by atoms with Gasteiger partial charge in [0.25, 0.3) is 5.69 Å². The molecule has 1 fully saturated rings. The topological polar surface area (TPSA) is 107 Å². The normalized spacial score (nSPS) is 16.3. The molecule has 0 bridgehead atoms. The second-order valence-electron chi connectivity index (χ2n) is 12.1. The van der Waals surface area contributed by atoms with E-state index in [9.17, 15) is 14.9 Å². The van der Waals surface area contributed by atoms with Crippen molar-refractivity contribution in [1.29, 1.82) is 0 Å². The number of halogens is 1. The van der Waals surface area contributed by atoms with Crippen LogP contribution >= 0.6 is 22.9 Å². The average molecular weight is 637 g/mol. The third-order valence-corrected chi connectivity index (χ3v) is 8.88. The molecule has 5 rings (SSSR count). The first-order valence-corrected chi connectivity index (χ1v) is 15.8. The molecule has 2 heterocycles. The average Bonchev–Trinajstić information content (AvgIpc) is 3.56. The molecule has 0 unspecified atom stereocenters. The van der Waals surface area contributed by atoms with Crippen LogP contribution in [-0.4, -0.2) is 59.2 Å². The number of benzene rings is 3. The summed E-state index contributed by atoms with van der Waals surface area (Å²) in [6, 6.07) is 14.6. The minimum atomic E-state index is -0.977. The molecule has 11 heteroatoms. The Hall–Kier alpha value is -3.57. The first-order chi connectivity index (χ1) is 20.8. The number of likely N-dealkylation sites (N-methyl/N-ethyl adjacent to an activating group) is 1. The molecule has 1 N–H and O–H groups in total. The largest absolute Gasteiger partial charge is 0.464 e. The molecule has 3 aromatic carbocycles. The number of nitrogens with one attached hydrogen (secondary N) is 1. The molecular formula is C33H37ClN4O5S. The number of rotatable bonds is 9. The minimum absolute atomic E-state index is 0.0287. The number of nitro benzene ring substituents is 1. The second-order valence-corrected chi connectivity index (χ2v) is 13.5. The third-order valence-electron chi connectivity index (χ3n) is 7.49. The van der Waals surface area contributed by atoms with Crippen molar-refractivity contribution in [3.05, 3.63) is 74.8 Å². The van der Waals surface area contributed by atoms with Gasteiger partial charge in [0.1, 0.15) is 10.7 Å². The smallest absolute Gasteiger partial charge is 0.339 e. The molecule has 232 valence electrons. The molecule has 1 aromatic heterocycles. The lowest BCUT2D eigenvalue weighted by molar-refractivity contribution is -0.384. The maximum atomic E-state index is 13.4.